The number of rotatable bonds is 7. The maximum Gasteiger partial charge on any atom is 0.247 e. The zero-order valence-corrected chi connectivity index (χ0v) is 24.9. The Morgan fingerprint density at radius 3 is 2.68 bits per heavy atom. The van der Waals surface area contributed by atoms with E-state index in [4.69, 9.17) is 20.9 Å². The molecule has 9 atom stereocenters. The Hall–Kier alpha value is 0.660. The van der Waals surface area contributed by atoms with Crippen LogP contribution in [0.4, 0.5) is 0 Å². The van der Waals surface area contributed by atoms with Crippen LogP contribution in [0.3, 0.4) is 0 Å². The minimum Gasteiger partial charge on any atom is -0.321 e. The quantitative estimate of drug-likeness (QED) is 0.244. The van der Waals surface area contributed by atoms with Gasteiger partial charge in [0.1, 0.15) is 0 Å². The fourth-order valence-electron chi connectivity index (χ4n) is 9.32. The SMILES string of the molecule is CC(C)CCC[C@@H](C)[C@H]1CC[C@H]2[C@@H]3CC=C4CC(OP5(=S)OCCS5)CC[C@]4(C)[C@H]3CC[C@]12C. The lowest BCUT2D eigenvalue weighted by atomic mass is 9.47. The van der Waals surface area contributed by atoms with Gasteiger partial charge in [0.2, 0.25) is 5.69 Å². The minimum atomic E-state index is -2.07. The van der Waals surface area contributed by atoms with Gasteiger partial charge in [-0.1, -0.05) is 76.9 Å². The van der Waals surface area contributed by atoms with E-state index < -0.39 is 5.69 Å². The van der Waals surface area contributed by atoms with E-state index >= 15 is 0 Å². The number of hydrogen-bond acceptors (Lipinski definition) is 4. The smallest absolute Gasteiger partial charge is 0.247 e. The molecule has 1 heterocycles. The second-order valence-electron chi connectivity index (χ2n) is 13.4. The van der Waals surface area contributed by atoms with Gasteiger partial charge in [-0.05, 0) is 110 Å². The van der Waals surface area contributed by atoms with Gasteiger partial charge in [0, 0.05) is 5.75 Å². The molecule has 0 aromatic carbocycles. The van der Waals surface area contributed by atoms with Crippen molar-refractivity contribution in [2.75, 3.05) is 12.4 Å². The molecule has 194 valence electrons. The third-order valence-electron chi connectivity index (χ3n) is 11.1. The van der Waals surface area contributed by atoms with Crippen LogP contribution >= 0.6 is 17.1 Å². The molecule has 5 aliphatic rings. The lowest BCUT2D eigenvalue weighted by Gasteiger charge is -2.58. The first-order valence-corrected chi connectivity index (χ1v) is 18.6. The molecule has 3 saturated carbocycles. The van der Waals surface area contributed by atoms with Crippen LogP contribution in [0.15, 0.2) is 11.6 Å². The second kappa shape index (κ2) is 10.1. The van der Waals surface area contributed by atoms with Gasteiger partial charge < -0.3 is 9.05 Å². The van der Waals surface area contributed by atoms with Crippen molar-refractivity contribution in [1.82, 2.24) is 0 Å². The van der Waals surface area contributed by atoms with Crippen LogP contribution in [0.1, 0.15) is 105 Å². The van der Waals surface area contributed by atoms with Crippen molar-refractivity contribution in [3.63, 3.8) is 0 Å². The molecule has 0 aromatic rings. The largest absolute Gasteiger partial charge is 0.321 e. The maximum absolute atomic E-state index is 6.47. The summed E-state index contributed by atoms with van der Waals surface area (Å²) in [5, 5.41) is 0. The first kappa shape index (κ1) is 26.3. The van der Waals surface area contributed by atoms with E-state index in [1.807, 2.05) is 0 Å². The van der Waals surface area contributed by atoms with Gasteiger partial charge in [-0.2, -0.15) is 0 Å². The normalized spacial score (nSPS) is 47.1. The summed E-state index contributed by atoms with van der Waals surface area (Å²) in [4.78, 5) is 0. The molecular formula is C29H49O2PS2. The van der Waals surface area contributed by atoms with Crippen LogP contribution < -0.4 is 0 Å². The van der Waals surface area contributed by atoms with Crippen molar-refractivity contribution in [2.24, 2.45) is 46.3 Å². The van der Waals surface area contributed by atoms with Gasteiger partial charge in [0.05, 0.1) is 12.7 Å². The highest BCUT2D eigenvalue weighted by Crippen LogP contribution is 2.69. The average molecular weight is 525 g/mol. The van der Waals surface area contributed by atoms with Crippen molar-refractivity contribution in [2.45, 2.75) is 111 Å². The first-order valence-electron chi connectivity index (χ1n) is 14.4. The summed E-state index contributed by atoms with van der Waals surface area (Å²) >= 11 is 7.52. The van der Waals surface area contributed by atoms with Crippen LogP contribution in [0.2, 0.25) is 0 Å². The van der Waals surface area contributed by atoms with E-state index in [9.17, 15) is 0 Å². The molecule has 34 heavy (non-hydrogen) atoms. The Balaban J connectivity index is 1.27. The summed E-state index contributed by atoms with van der Waals surface area (Å²) in [6, 6.07) is 0. The van der Waals surface area contributed by atoms with Crippen LogP contribution in [-0.4, -0.2) is 18.5 Å². The standard InChI is InChI=1S/C29H49O2PS2/c1-20(2)7-6-8-21(3)25-11-12-26-24-10-9-22-19-23(31-32(33)30-17-18-34-32)13-15-28(22,4)27(24)14-16-29(25,26)5/h9,20-21,23-27H,6-8,10-19H2,1-5H3/t21-,23?,24+,25-,26+,27+,28+,29-,32?/m1/s1. The lowest BCUT2D eigenvalue weighted by Crippen LogP contribution is -2.50. The van der Waals surface area contributed by atoms with Crippen molar-refractivity contribution < 1.29 is 9.05 Å². The van der Waals surface area contributed by atoms with Crippen molar-refractivity contribution >= 4 is 28.9 Å². The fourth-order valence-corrected chi connectivity index (χ4v) is 14.0. The van der Waals surface area contributed by atoms with Gasteiger partial charge in [-0.25, -0.2) is 0 Å². The highest BCUT2D eigenvalue weighted by molar-refractivity contribution is 8.68. The molecular weight excluding hydrogens is 475 g/mol. The Morgan fingerprint density at radius 2 is 1.94 bits per heavy atom. The van der Waals surface area contributed by atoms with Crippen molar-refractivity contribution in [3.8, 4) is 0 Å². The van der Waals surface area contributed by atoms with Crippen molar-refractivity contribution in [1.29, 1.82) is 0 Å². The summed E-state index contributed by atoms with van der Waals surface area (Å²) in [6.45, 7) is 13.4. The summed E-state index contributed by atoms with van der Waals surface area (Å²) < 4.78 is 12.3. The Morgan fingerprint density at radius 1 is 1.12 bits per heavy atom. The third kappa shape index (κ3) is 4.79. The topological polar surface area (TPSA) is 18.5 Å². The minimum absolute atomic E-state index is 0.281. The molecule has 1 aliphatic heterocycles. The molecule has 5 rings (SSSR count). The van der Waals surface area contributed by atoms with Crippen LogP contribution in [0, 0.1) is 46.3 Å². The number of allylic oxidation sites excluding steroid dienone is 1. The molecule has 0 aromatic heterocycles. The Labute approximate surface area is 219 Å². The molecule has 0 N–H and O–H groups in total. The van der Waals surface area contributed by atoms with Crippen LogP contribution in [-0.2, 0) is 20.9 Å². The number of hydrogen-bond donors (Lipinski definition) is 0. The van der Waals surface area contributed by atoms with Gasteiger partial charge >= 0.3 is 0 Å². The molecule has 2 unspecified atom stereocenters. The Kier molecular flexibility index (Phi) is 7.80. The predicted molar refractivity (Wildman–Crippen MR) is 151 cm³/mol. The fraction of sp³-hybridized carbons (Fsp3) is 0.931. The molecule has 2 nitrogen and oxygen atoms in total. The summed E-state index contributed by atoms with van der Waals surface area (Å²) in [5.74, 6) is 6.43. The van der Waals surface area contributed by atoms with Crippen LogP contribution in [0.25, 0.3) is 0 Å². The molecule has 0 radical (unpaired) electrons. The zero-order chi connectivity index (χ0) is 24.1. The number of fused-ring (bicyclic) bond motifs is 5. The molecule has 5 heteroatoms. The van der Waals surface area contributed by atoms with Gasteiger partial charge in [-0.3, -0.25) is 0 Å². The van der Waals surface area contributed by atoms with Crippen LogP contribution in [0.5, 0.6) is 0 Å². The van der Waals surface area contributed by atoms with Gasteiger partial charge in [0.25, 0.3) is 0 Å². The van der Waals surface area contributed by atoms with Gasteiger partial charge in [-0.15, -0.1) is 0 Å². The van der Waals surface area contributed by atoms with Crippen molar-refractivity contribution in [3.05, 3.63) is 11.6 Å². The monoisotopic (exact) mass is 524 g/mol. The van der Waals surface area contributed by atoms with E-state index in [-0.39, 0.29) is 6.10 Å². The predicted octanol–water partition coefficient (Wildman–Crippen LogP) is 9.40. The molecule has 1 saturated heterocycles. The average Bonchev–Trinajstić information content (AvgIpc) is 3.36. The third-order valence-corrected chi connectivity index (χ3v) is 16.4. The van der Waals surface area contributed by atoms with E-state index in [1.54, 1.807) is 17.0 Å². The lowest BCUT2D eigenvalue weighted by molar-refractivity contribution is -0.0558. The highest BCUT2D eigenvalue weighted by Gasteiger charge is 2.59. The van der Waals surface area contributed by atoms with E-state index in [2.05, 4.69) is 40.7 Å². The summed E-state index contributed by atoms with van der Waals surface area (Å²) in [6.07, 6.45) is 18.0. The highest BCUT2D eigenvalue weighted by atomic mass is 32.9. The molecule has 0 amide bonds. The molecule has 0 bridgehead atoms. The summed E-state index contributed by atoms with van der Waals surface area (Å²) in [5.41, 5.74) is 0.607. The molecule has 0 spiro atoms. The maximum atomic E-state index is 6.47. The van der Waals surface area contributed by atoms with Gasteiger partial charge in [0.15, 0.2) is 0 Å². The summed E-state index contributed by atoms with van der Waals surface area (Å²) in [7, 11) is 0. The van der Waals surface area contributed by atoms with E-state index in [0.29, 0.717) is 10.8 Å². The van der Waals surface area contributed by atoms with E-state index in [0.717, 1.165) is 60.7 Å². The molecule has 4 aliphatic carbocycles. The van der Waals surface area contributed by atoms with E-state index in [1.165, 1.54) is 57.8 Å². The Bertz CT molecular complexity index is 817. The second-order valence-corrected chi connectivity index (χ2v) is 19.8. The zero-order valence-electron chi connectivity index (χ0n) is 22.4. The first-order chi connectivity index (χ1) is 16.1. The molecule has 4 fully saturated rings.